The van der Waals surface area contributed by atoms with Crippen molar-refractivity contribution in [1.82, 2.24) is 0 Å². The SMILES string of the molecule is CSOc1ccc(Cl)s1. The molecule has 1 aromatic heterocycles. The zero-order valence-corrected chi connectivity index (χ0v) is 7.15. The van der Waals surface area contributed by atoms with Gasteiger partial charge in [-0.15, -0.1) is 0 Å². The fourth-order valence-corrected chi connectivity index (χ4v) is 1.74. The first-order valence-electron chi connectivity index (χ1n) is 2.29. The summed E-state index contributed by atoms with van der Waals surface area (Å²) in [6.07, 6.45) is 1.87. The van der Waals surface area contributed by atoms with Gasteiger partial charge in [0, 0.05) is 6.26 Å². The van der Waals surface area contributed by atoms with Crippen LogP contribution >= 0.6 is 35.0 Å². The van der Waals surface area contributed by atoms with Crippen LogP contribution in [0.25, 0.3) is 0 Å². The maximum absolute atomic E-state index is 5.63. The maximum atomic E-state index is 5.63. The van der Waals surface area contributed by atoms with Gasteiger partial charge in [-0.3, -0.25) is 0 Å². The van der Waals surface area contributed by atoms with Gasteiger partial charge < -0.3 is 4.18 Å². The molecule has 0 radical (unpaired) electrons. The van der Waals surface area contributed by atoms with E-state index < -0.39 is 0 Å². The maximum Gasteiger partial charge on any atom is 0.192 e. The van der Waals surface area contributed by atoms with Crippen LogP contribution in [0, 0.1) is 0 Å². The molecule has 0 saturated heterocycles. The summed E-state index contributed by atoms with van der Waals surface area (Å²) in [6.45, 7) is 0. The van der Waals surface area contributed by atoms with E-state index in [0.29, 0.717) is 0 Å². The van der Waals surface area contributed by atoms with Crippen LogP contribution in [0.4, 0.5) is 0 Å². The Hall–Kier alpha value is 0.140. The van der Waals surface area contributed by atoms with Crippen LogP contribution in [0.5, 0.6) is 5.06 Å². The molecule has 0 bridgehead atoms. The van der Waals surface area contributed by atoms with Gasteiger partial charge in [0.1, 0.15) is 0 Å². The van der Waals surface area contributed by atoms with Crippen LogP contribution in [0.15, 0.2) is 12.1 Å². The van der Waals surface area contributed by atoms with Gasteiger partial charge in [0.05, 0.1) is 16.4 Å². The highest BCUT2D eigenvalue weighted by atomic mass is 35.5. The van der Waals surface area contributed by atoms with Crippen LogP contribution < -0.4 is 4.18 Å². The lowest BCUT2D eigenvalue weighted by atomic mass is 10.7. The summed E-state index contributed by atoms with van der Waals surface area (Å²) in [5, 5.41) is 0.854. The molecule has 0 amide bonds. The van der Waals surface area contributed by atoms with E-state index in [9.17, 15) is 0 Å². The third-order valence-corrected chi connectivity index (χ3v) is 2.27. The lowest BCUT2D eigenvalue weighted by molar-refractivity contribution is 0.670. The van der Waals surface area contributed by atoms with Crippen molar-refractivity contribution in [3.63, 3.8) is 0 Å². The van der Waals surface area contributed by atoms with E-state index in [0.717, 1.165) is 9.40 Å². The van der Waals surface area contributed by atoms with Crippen molar-refractivity contribution in [2.45, 2.75) is 0 Å². The molecule has 50 valence electrons. The van der Waals surface area contributed by atoms with E-state index >= 15 is 0 Å². The van der Waals surface area contributed by atoms with E-state index in [1.165, 1.54) is 23.4 Å². The molecule has 1 nitrogen and oxygen atoms in total. The Balaban J connectivity index is 2.61. The quantitative estimate of drug-likeness (QED) is 0.647. The largest absolute Gasteiger partial charge is 0.415 e. The van der Waals surface area contributed by atoms with Crippen molar-refractivity contribution in [3.05, 3.63) is 16.5 Å². The predicted octanol–water partition coefficient (Wildman–Crippen LogP) is 3.06. The van der Waals surface area contributed by atoms with Gasteiger partial charge in [-0.05, 0) is 12.1 Å². The molecule has 0 aromatic carbocycles. The van der Waals surface area contributed by atoms with Crippen molar-refractivity contribution >= 4 is 35.0 Å². The van der Waals surface area contributed by atoms with Gasteiger partial charge in [0.25, 0.3) is 0 Å². The van der Waals surface area contributed by atoms with E-state index in [4.69, 9.17) is 15.8 Å². The van der Waals surface area contributed by atoms with Gasteiger partial charge in [0.15, 0.2) is 5.06 Å². The summed E-state index contributed by atoms with van der Waals surface area (Å²) in [6, 6.07) is 3.67. The molecule has 9 heavy (non-hydrogen) atoms. The van der Waals surface area contributed by atoms with Gasteiger partial charge >= 0.3 is 0 Å². The second-order valence-corrected chi connectivity index (χ2v) is 3.49. The summed E-state index contributed by atoms with van der Waals surface area (Å²) in [5.41, 5.74) is 0. The lowest BCUT2D eigenvalue weighted by Crippen LogP contribution is -1.69. The summed E-state index contributed by atoms with van der Waals surface area (Å²) in [7, 11) is 0. The van der Waals surface area contributed by atoms with Gasteiger partial charge in [-0.1, -0.05) is 22.9 Å². The Bertz CT molecular complexity index is 187. The molecule has 1 heterocycles. The fourth-order valence-electron chi connectivity index (χ4n) is 0.425. The highest BCUT2D eigenvalue weighted by Gasteiger charge is 1.95. The van der Waals surface area contributed by atoms with Crippen molar-refractivity contribution in [1.29, 1.82) is 0 Å². The first kappa shape index (κ1) is 7.25. The van der Waals surface area contributed by atoms with Crippen LogP contribution in [0.3, 0.4) is 0 Å². The Labute approximate surface area is 67.2 Å². The minimum Gasteiger partial charge on any atom is -0.415 e. The first-order valence-corrected chi connectivity index (χ1v) is 4.63. The van der Waals surface area contributed by atoms with E-state index in [2.05, 4.69) is 0 Å². The number of hydrogen-bond acceptors (Lipinski definition) is 3. The van der Waals surface area contributed by atoms with Crippen molar-refractivity contribution in [2.24, 2.45) is 0 Å². The average Bonchev–Trinajstić information content (AvgIpc) is 2.17. The highest BCUT2D eigenvalue weighted by Crippen LogP contribution is 2.29. The number of hydrogen-bond donors (Lipinski definition) is 0. The molecule has 0 saturated carbocycles. The minimum absolute atomic E-state index is 0.763. The molecule has 1 aromatic rings. The Morgan fingerprint density at radius 3 is 2.89 bits per heavy atom. The summed E-state index contributed by atoms with van der Waals surface area (Å²) in [5.74, 6) is 0. The Morgan fingerprint density at radius 1 is 1.67 bits per heavy atom. The standard InChI is InChI=1S/C5H5ClOS2/c1-8-7-5-3-2-4(6)9-5/h2-3H,1H3. The molecule has 0 fully saturated rings. The topological polar surface area (TPSA) is 9.23 Å². The molecule has 0 N–H and O–H groups in total. The predicted molar refractivity (Wildman–Crippen MR) is 43.5 cm³/mol. The zero-order valence-electron chi connectivity index (χ0n) is 4.76. The van der Waals surface area contributed by atoms with Gasteiger partial charge in [-0.2, -0.15) is 0 Å². The van der Waals surface area contributed by atoms with Gasteiger partial charge in [-0.25, -0.2) is 0 Å². The molecule has 1 rings (SSSR count). The molecule has 0 aliphatic carbocycles. The Kier molecular flexibility index (Phi) is 2.69. The van der Waals surface area contributed by atoms with Crippen molar-refractivity contribution < 1.29 is 4.18 Å². The van der Waals surface area contributed by atoms with E-state index in [1.54, 1.807) is 0 Å². The Morgan fingerprint density at radius 2 is 2.44 bits per heavy atom. The lowest BCUT2D eigenvalue weighted by Gasteiger charge is -1.91. The average molecular weight is 181 g/mol. The molecule has 0 atom stereocenters. The number of halogens is 1. The normalized spacial score (nSPS) is 9.56. The third kappa shape index (κ3) is 2.08. The number of thiophene rings is 1. The monoisotopic (exact) mass is 180 g/mol. The van der Waals surface area contributed by atoms with Crippen molar-refractivity contribution in [3.8, 4) is 5.06 Å². The van der Waals surface area contributed by atoms with E-state index in [1.807, 2.05) is 18.4 Å². The smallest absolute Gasteiger partial charge is 0.192 e. The highest BCUT2D eigenvalue weighted by molar-refractivity contribution is 7.94. The molecule has 0 aliphatic heterocycles. The fraction of sp³-hybridized carbons (Fsp3) is 0.200. The van der Waals surface area contributed by atoms with Crippen LogP contribution in [-0.4, -0.2) is 6.26 Å². The number of rotatable bonds is 2. The minimum atomic E-state index is 0.763. The molecule has 0 aliphatic rings. The third-order valence-electron chi connectivity index (χ3n) is 0.714. The summed E-state index contributed by atoms with van der Waals surface area (Å²) in [4.78, 5) is 0. The zero-order chi connectivity index (χ0) is 6.69. The second kappa shape index (κ2) is 3.34. The van der Waals surface area contributed by atoms with Crippen LogP contribution in [-0.2, 0) is 0 Å². The second-order valence-electron chi connectivity index (χ2n) is 1.31. The summed E-state index contributed by atoms with van der Waals surface area (Å²) >= 11 is 8.38. The molecular formula is C5H5ClOS2. The van der Waals surface area contributed by atoms with Crippen LogP contribution in [0.1, 0.15) is 0 Å². The van der Waals surface area contributed by atoms with Crippen LogP contribution in [0.2, 0.25) is 4.34 Å². The van der Waals surface area contributed by atoms with Crippen molar-refractivity contribution in [2.75, 3.05) is 6.26 Å². The molecular weight excluding hydrogens is 176 g/mol. The molecule has 0 unspecified atom stereocenters. The summed E-state index contributed by atoms with van der Waals surface area (Å²) < 4.78 is 5.84. The first-order chi connectivity index (χ1) is 4.33. The molecule has 0 spiro atoms. The van der Waals surface area contributed by atoms with E-state index in [-0.39, 0.29) is 0 Å². The van der Waals surface area contributed by atoms with Gasteiger partial charge in [0.2, 0.25) is 0 Å². The molecule has 4 heteroatoms.